The van der Waals surface area contributed by atoms with Gasteiger partial charge in [0.1, 0.15) is 0 Å². The maximum Gasteiger partial charge on any atom is 0.257 e. The molecule has 92 valence electrons. The van der Waals surface area contributed by atoms with Gasteiger partial charge in [-0.1, -0.05) is 12.1 Å². The molecule has 0 aliphatic carbocycles. The van der Waals surface area contributed by atoms with Crippen LogP contribution in [-0.4, -0.2) is 10.9 Å². The Hall–Kier alpha value is -1.87. The van der Waals surface area contributed by atoms with Crippen LogP contribution in [0, 0.1) is 6.92 Å². The molecule has 1 N–H and O–H groups in total. The average Bonchev–Trinajstić information content (AvgIpc) is 2.39. The fraction of sp³-hybridized carbons (Fsp3) is 0.143. The number of aromatic nitrogens is 1. The van der Waals surface area contributed by atoms with Crippen LogP contribution >= 0.6 is 11.6 Å². The van der Waals surface area contributed by atoms with Crippen LogP contribution in [0.2, 0.25) is 0 Å². The Kier molecular flexibility index (Phi) is 3.95. The largest absolute Gasteiger partial charge is 0.322 e. The fourth-order valence-electron chi connectivity index (χ4n) is 1.54. The molecule has 0 aliphatic heterocycles. The van der Waals surface area contributed by atoms with E-state index in [0.29, 0.717) is 11.4 Å². The summed E-state index contributed by atoms with van der Waals surface area (Å²) in [7, 11) is 0. The van der Waals surface area contributed by atoms with Crippen molar-refractivity contribution in [2.45, 2.75) is 12.8 Å². The van der Waals surface area contributed by atoms with Gasteiger partial charge < -0.3 is 5.32 Å². The lowest BCUT2D eigenvalue weighted by Crippen LogP contribution is -2.12. The van der Waals surface area contributed by atoms with Crippen molar-refractivity contribution in [3.63, 3.8) is 0 Å². The van der Waals surface area contributed by atoms with Crippen molar-refractivity contribution in [3.8, 4) is 0 Å². The average molecular weight is 261 g/mol. The lowest BCUT2D eigenvalue weighted by molar-refractivity contribution is 0.102. The first kappa shape index (κ1) is 12.6. The summed E-state index contributed by atoms with van der Waals surface area (Å²) in [5.41, 5.74) is 3.13. The number of anilines is 1. The maximum atomic E-state index is 11.9. The van der Waals surface area contributed by atoms with E-state index in [1.165, 1.54) is 0 Å². The van der Waals surface area contributed by atoms with E-state index in [2.05, 4.69) is 10.3 Å². The van der Waals surface area contributed by atoms with Crippen LogP contribution < -0.4 is 5.32 Å². The fourth-order valence-corrected chi connectivity index (χ4v) is 1.70. The second kappa shape index (κ2) is 5.65. The van der Waals surface area contributed by atoms with Gasteiger partial charge in [0, 0.05) is 23.5 Å². The highest BCUT2D eigenvalue weighted by atomic mass is 35.5. The number of nitrogens with zero attached hydrogens (tertiary/aromatic N) is 1. The zero-order chi connectivity index (χ0) is 13.0. The molecule has 0 bridgehead atoms. The van der Waals surface area contributed by atoms with Crippen molar-refractivity contribution in [1.29, 1.82) is 0 Å². The summed E-state index contributed by atoms with van der Waals surface area (Å²) in [5.74, 6) is 0.254. The smallest absolute Gasteiger partial charge is 0.257 e. The third kappa shape index (κ3) is 3.08. The van der Waals surface area contributed by atoms with Crippen LogP contribution in [0.3, 0.4) is 0 Å². The van der Waals surface area contributed by atoms with E-state index in [-0.39, 0.29) is 5.91 Å². The number of hydrogen-bond acceptors (Lipinski definition) is 2. The van der Waals surface area contributed by atoms with Crippen molar-refractivity contribution >= 4 is 23.2 Å². The Balaban J connectivity index is 2.13. The topological polar surface area (TPSA) is 42.0 Å². The second-order valence-electron chi connectivity index (χ2n) is 3.98. The molecule has 1 aromatic carbocycles. The molecule has 1 amide bonds. The van der Waals surface area contributed by atoms with E-state index < -0.39 is 0 Å². The molecule has 2 aromatic rings. The number of alkyl halides is 1. The number of carbonyl (C=O) groups excluding carboxylic acids is 1. The Morgan fingerprint density at radius 3 is 2.83 bits per heavy atom. The van der Waals surface area contributed by atoms with Gasteiger partial charge in [-0.2, -0.15) is 0 Å². The Morgan fingerprint density at radius 2 is 2.17 bits per heavy atom. The highest BCUT2D eigenvalue weighted by Gasteiger charge is 2.06. The first-order valence-electron chi connectivity index (χ1n) is 5.58. The summed E-state index contributed by atoms with van der Waals surface area (Å²) >= 11 is 5.75. The molecule has 0 saturated heterocycles. The first-order valence-corrected chi connectivity index (χ1v) is 6.11. The molecule has 0 spiro atoms. The van der Waals surface area contributed by atoms with E-state index in [1.54, 1.807) is 12.3 Å². The van der Waals surface area contributed by atoms with Crippen molar-refractivity contribution in [2.24, 2.45) is 0 Å². The van der Waals surface area contributed by atoms with Gasteiger partial charge in [-0.15, -0.1) is 11.6 Å². The van der Waals surface area contributed by atoms with E-state index >= 15 is 0 Å². The molecule has 1 heterocycles. The Labute approximate surface area is 111 Å². The predicted molar refractivity (Wildman–Crippen MR) is 72.9 cm³/mol. The number of nitrogens with one attached hydrogen (secondary N) is 1. The van der Waals surface area contributed by atoms with Gasteiger partial charge in [-0.05, 0) is 36.8 Å². The number of amides is 1. The molecule has 0 atom stereocenters. The van der Waals surface area contributed by atoms with Crippen molar-refractivity contribution < 1.29 is 4.79 Å². The first-order chi connectivity index (χ1) is 8.69. The third-order valence-electron chi connectivity index (χ3n) is 2.51. The molecule has 0 saturated carbocycles. The van der Waals surface area contributed by atoms with E-state index in [9.17, 15) is 4.79 Å². The highest BCUT2D eigenvalue weighted by Crippen LogP contribution is 2.13. The molecule has 3 nitrogen and oxygen atoms in total. The number of pyridine rings is 1. The predicted octanol–water partition coefficient (Wildman–Crippen LogP) is 3.38. The molecule has 0 unspecified atom stereocenters. The highest BCUT2D eigenvalue weighted by molar-refractivity contribution is 6.17. The molecular formula is C14H13ClN2O. The molecule has 0 radical (unpaired) electrons. The summed E-state index contributed by atoms with van der Waals surface area (Å²) in [5, 5.41) is 2.81. The summed E-state index contributed by atoms with van der Waals surface area (Å²) < 4.78 is 0. The Morgan fingerprint density at radius 1 is 1.33 bits per heavy atom. The van der Waals surface area contributed by atoms with Crippen molar-refractivity contribution in [1.82, 2.24) is 4.98 Å². The summed E-state index contributed by atoms with van der Waals surface area (Å²) in [6, 6.07) is 11.0. The minimum atomic E-state index is -0.172. The van der Waals surface area contributed by atoms with Gasteiger partial charge in [0.25, 0.3) is 5.91 Å². The van der Waals surface area contributed by atoms with Gasteiger partial charge >= 0.3 is 0 Å². The normalized spacial score (nSPS) is 10.1. The molecular weight excluding hydrogens is 248 g/mol. The molecule has 0 aliphatic rings. The van der Waals surface area contributed by atoms with Crippen LogP contribution in [0.5, 0.6) is 0 Å². The summed E-state index contributed by atoms with van der Waals surface area (Å²) in [6.45, 7) is 1.88. The zero-order valence-corrected chi connectivity index (χ0v) is 10.7. The second-order valence-corrected chi connectivity index (χ2v) is 4.24. The molecule has 1 aromatic heterocycles. The minimum Gasteiger partial charge on any atom is -0.322 e. The molecule has 4 heteroatoms. The van der Waals surface area contributed by atoms with E-state index in [4.69, 9.17) is 11.6 Å². The van der Waals surface area contributed by atoms with Crippen LogP contribution in [0.4, 0.5) is 5.69 Å². The van der Waals surface area contributed by atoms with Crippen LogP contribution in [-0.2, 0) is 5.88 Å². The maximum absolute atomic E-state index is 11.9. The molecule has 18 heavy (non-hydrogen) atoms. The third-order valence-corrected chi connectivity index (χ3v) is 2.82. The van der Waals surface area contributed by atoms with Gasteiger partial charge in [-0.25, -0.2) is 0 Å². The van der Waals surface area contributed by atoms with E-state index in [1.807, 2.05) is 37.3 Å². The summed E-state index contributed by atoms with van der Waals surface area (Å²) in [4.78, 5) is 16.0. The number of rotatable bonds is 3. The van der Waals surface area contributed by atoms with Crippen LogP contribution in [0.25, 0.3) is 0 Å². The van der Waals surface area contributed by atoms with Crippen molar-refractivity contribution in [2.75, 3.05) is 5.32 Å². The number of halogens is 1. The van der Waals surface area contributed by atoms with E-state index in [0.717, 1.165) is 16.9 Å². The number of hydrogen-bond donors (Lipinski definition) is 1. The lowest BCUT2D eigenvalue weighted by atomic mass is 10.2. The van der Waals surface area contributed by atoms with Crippen LogP contribution in [0.15, 0.2) is 42.6 Å². The van der Waals surface area contributed by atoms with Gasteiger partial charge in [0.2, 0.25) is 0 Å². The monoisotopic (exact) mass is 260 g/mol. The van der Waals surface area contributed by atoms with Gasteiger partial charge in [-0.3, -0.25) is 9.78 Å². The zero-order valence-electron chi connectivity index (χ0n) is 9.98. The van der Waals surface area contributed by atoms with Crippen molar-refractivity contribution in [3.05, 3.63) is 59.4 Å². The van der Waals surface area contributed by atoms with Gasteiger partial charge in [0.15, 0.2) is 0 Å². The number of carbonyl (C=O) groups is 1. The number of aryl methyl sites for hydroxylation is 1. The quantitative estimate of drug-likeness (QED) is 0.860. The standard InChI is InChI=1S/C14H13ClN2O/c1-10-5-6-12(9-16-10)14(18)17-13-4-2-3-11(7-13)8-15/h2-7,9H,8H2,1H3,(H,17,18). The molecule has 0 fully saturated rings. The SMILES string of the molecule is Cc1ccc(C(=O)Nc2cccc(CCl)c2)cn1. The lowest BCUT2D eigenvalue weighted by Gasteiger charge is -2.06. The van der Waals surface area contributed by atoms with Gasteiger partial charge in [0.05, 0.1) is 5.56 Å². The summed E-state index contributed by atoms with van der Waals surface area (Å²) in [6.07, 6.45) is 1.57. The van der Waals surface area contributed by atoms with Crippen LogP contribution in [0.1, 0.15) is 21.6 Å². The minimum absolute atomic E-state index is 0.172. The molecule has 2 rings (SSSR count). The Bertz CT molecular complexity index is 552. The number of benzene rings is 1.